The third kappa shape index (κ3) is 6.90. The Morgan fingerprint density at radius 2 is 1.24 bits per heavy atom. The minimum Gasteiger partial charge on any atom is -0.321 e. The van der Waals surface area contributed by atoms with E-state index in [2.05, 4.69) is 140 Å². The Labute approximate surface area is 349 Å². The van der Waals surface area contributed by atoms with Crippen LogP contribution in [-0.2, 0) is 0 Å². The molecule has 2 heterocycles. The number of para-hydroxylation sites is 2. The minimum absolute atomic E-state index is 0.326. The lowest BCUT2D eigenvalue weighted by Crippen LogP contribution is -2.42. The monoisotopic (exact) mass is 816 g/mol. The smallest absolute Gasteiger partial charge is 0.298 e. The molecule has 5 aromatic carbocycles. The first-order valence-corrected chi connectivity index (χ1v) is 27.6. The molecule has 2 N–H and O–H groups in total. The van der Waals surface area contributed by atoms with Crippen LogP contribution in [0.15, 0.2) is 176 Å². The van der Waals surface area contributed by atoms with Crippen molar-refractivity contribution in [1.82, 2.24) is 4.57 Å². The quantitative estimate of drug-likeness (QED) is 0.116. The molecule has 1 aromatic heterocycles. The van der Waals surface area contributed by atoms with E-state index in [0.29, 0.717) is 28.5 Å². The van der Waals surface area contributed by atoms with Crippen LogP contribution in [0.3, 0.4) is 0 Å². The summed E-state index contributed by atoms with van der Waals surface area (Å²) in [5, 5.41) is 23.4. The molecule has 3 aliphatic rings. The molecular weight excluding hydrogens is 773 g/mol. The van der Waals surface area contributed by atoms with E-state index >= 15 is 0 Å². The standard InChI is InChI=1S/C48H44N8Si3/c1-57(2)51-38-19-14-22-41(45(38)50)56(42-29-27-34(31-15-8-7-9-16-31)44(49)47(42)52-58(3)4)43-30-28-35(46-48(43)54-59(5,6)53-46)32-23-25-33(26-24-32)55-39-20-12-10-17-36(39)37-18-11-13-21-40(37)55/h7-30,49-50H,1-6H3/b49-44?,50-45?,51-38-,52-47-. The predicted octanol–water partition coefficient (Wildman–Crippen LogP) is 10.1. The van der Waals surface area contributed by atoms with Gasteiger partial charge in [0, 0.05) is 27.6 Å². The number of hydrogen-bond acceptors (Lipinski definition) is 7. The maximum atomic E-state index is 9.64. The Morgan fingerprint density at radius 1 is 0.610 bits per heavy atom. The first-order chi connectivity index (χ1) is 28.5. The molecule has 9 rings (SSSR count). The van der Waals surface area contributed by atoms with E-state index in [0.717, 1.165) is 50.0 Å². The highest BCUT2D eigenvalue weighted by Crippen LogP contribution is 2.35. The normalized spacial score (nSPS) is 17.4. The average molecular weight is 817 g/mol. The van der Waals surface area contributed by atoms with Crippen molar-refractivity contribution in [2.24, 2.45) is 18.6 Å². The fourth-order valence-corrected chi connectivity index (χ4v) is 11.1. The largest absolute Gasteiger partial charge is 0.321 e. The van der Waals surface area contributed by atoms with Gasteiger partial charge >= 0.3 is 0 Å². The maximum Gasteiger partial charge on any atom is 0.298 e. The summed E-state index contributed by atoms with van der Waals surface area (Å²) in [5.41, 5.74) is 11.4. The number of hydrogen-bond donors (Lipinski definition) is 2. The summed E-state index contributed by atoms with van der Waals surface area (Å²) < 4.78 is 23.3. The van der Waals surface area contributed by atoms with Gasteiger partial charge in [-0.2, -0.15) is 0 Å². The molecule has 8 nitrogen and oxygen atoms in total. The molecule has 0 spiro atoms. The van der Waals surface area contributed by atoms with Gasteiger partial charge in [-0.05, 0) is 78.9 Å². The van der Waals surface area contributed by atoms with Gasteiger partial charge in [-0.25, -0.2) is 0 Å². The van der Waals surface area contributed by atoms with Crippen LogP contribution < -0.4 is 15.6 Å². The minimum atomic E-state index is -2.45. The van der Waals surface area contributed by atoms with Crippen molar-refractivity contribution in [1.29, 1.82) is 10.8 Å². The lowest BCUT2D eigenvalue weighted by molar-refractivity contribution is 1.14. The molecule has 0 saturated carbocycles. The van der Waals surface area contributed by atoms with Gasteiger partial charge in [0.25, 0.3) is 8.40 Å². The third-order valence-corrected chi connectivity index (χ3v) is 13.5. The highest BCUT2D eigenvalue weighted by Gasteiger charge is 2.34. The van der Waals surface area contributed by atoms with Gasteiger partial charge in [0.05, 0.1) is 56.0 Å². The molecule has 0 amide bonds. The van der Waals surface area contributed by atoms with Gasteiger partial charge in [-0.3, -0.25) is 20.1 Å². The number of nitrogens with zero attached hydrogens (tertiary/aromatic N) is 6. The fourth-order valence-electron chi connectivity index (χ4n) is 8.16. The summed E-state index contributed by atoms with van der Waals surface area (Å²) in [6.45, 7) is 12.9. The van der Waals surface area contributed by atoms with Crippen molar-refractivity contribution in [3.63, 3.8) is 0 Å². The van der Waals surface area contributed by atoms with E-state index in [1.807, 2.05) is 54.6 Å². The molecule has 2 radical (unpaired) electrons. The first kappa shape index (κ1) is 38.1. The van der Waals surface area contributed by atoms with Crippen LogP contribution in [0.5, 0.6) is 0 Å². The Balaban J connectivity index is 1.23. The second-order valence-electron chi connectivity index (χ2n) is 15.8. The SMILES string of the molecule is C[Si](C)/N=C1/C=CC=C(N(C2=CC=C(c3ccccc3)C(=N)/C2=N\[Si](C)C)c2ccc(-c3ccc(-n4c5ccccc5c5ccccc54)cc3)c3c2=N[Si](C)(C)N=3)C1=N. The number of allylic oxidation sites excluding steroid dienone is 8. The molecule has 0 fully saturated rings. The zero-order valence-electron chi connectivity index (χ0n) is 34.0. The van der Waals surface area contributed by atoms with Gasteiger partial charge in [-0.1, -0.05) is 117 Å². The van der Waals surface area contributed by atoms with Crippen molar-refractivity contribution in [3.05, 3.63) is 173 Å². The van der Waals surface area contributed by atoms with E-state index in [9.17, 15) is 10.8 Å². The molecule has 0 bridgehead atoms. The number of fused-ring (bicyclic) bond motifs is 4. The van der Waals surface area contributed by atoms with Gasteiger partial charge < -0.3 is 18.8 Å². The molecule has 0 atom stereocenters. The summed E-state index contributed by atoms with van der Waals surface area (Å²) in [4.78, 5) is 2.10. The molecule has 6 aromatic rings. The van der Waals surface area contributed by atoms with Gasteiger partial charge in [-0.15, -0.1) is 0 Å². The molecule has 0 saturated heterocycles. The highest BCUT2D eigenvalue weighted by molar-refractivity contribution is 6.74. The average Bonchev–Trinajstić information content (AvgIpc) is 3.74. The third-order valence-electron chi connectivity index (χ3n) is 10.6. The van der Waals surface area contributed by atoms with Gasteiger partial charge in [0.1, 0.15) is 5.71 Å². The maximum absolute atomic E-state index is 9.64. The summed E-state index contributed by atoms with van der Waals surface area (Å²) >= 11 is 0. The van der Waals surface area contributed by atoms with Crippen molar-refractivity contribution < 1.29 is 0 Å². The molecule has 59 heavy (non-hydrogen) atoms. The molecule has 1 aliphatic heterocycles. The number of rotatable bonds is 8. The molecular formula is C48H44N8Si3. The molecule has 2 aliphatic carbocycles. The number of benzene rings is 5. The Kier molecular flexibility index (Phi) is 9.74. The number of nitrogens with one attached hydrogen (secondary N) is 2. The van der Waals surface area contributed by atoms with Crippen molar-refractivity contribution >= 4 is 82.2 Å². The summed E-state index contributed by atoms with van der Waals surface area (Å²) in [7, 11) is -4.68. The van der Waals surface area contributed by atoms with Crippen LogP contribution in [0.2, 0.25) is 39.3 Å². The van der Waals surface area contributed by atoms with Crippen LogP contribution in [-0.4, -0.2) is 53.7 Å². The lowest BCUT2D eigenvalue weighted by atomic mass is 9.91. The Hall–Kier alpha value is -6.41. The highest BCUT2D eigenvalue weighted by atomic mass is 28.3. The van der Waals surface area contributed by atoms with Crippen LogP contribution in [0, 0.1) is 10.8 Å². The van der Waals surface area contributed by atoms with E-state index in [1.165, 1.54) is 21.8 Å². The fraction of sp³-hybridized carbons (Fsp3) is 0.125. The van der Waals surface area contributed by atoms with E-state index in [1.54, 1.807) is 0 Å². The predicted molar refractivity (Wildman–Crippen MR) is 254 cm³/mol. The Morgan fingerprint density at radius 3 is 1.90 bits per heavy atom. The van der Waals surface area contributed by atoms with Crippen LogP contribution in [0.1, 0.15) is 5.56 Å². The lowest BCUT2D eigenvalue weighted by Gasteiger charge is -2.34. The molecule has 11 heteroatoms. The van der Waals surface area contributed by atoms with E-state index in [4.69, 9.17) is 18.6 Å². The van der Waals surface area contributed by atoms with Crippen molar-refractivity contribution in [3.8, 4) is 16.8 Å². The summed E-state index contributed by atoms with van der Waals surface area (Å²) in [6, 6.07) is 40.2. The number of aromatic nitrogens is 1. The van der Waals surface area contributed by atoms with E-state index < -0.39 is 26.3 Å². The Bertz CT molecular complexity index is 3000. The van der Waals surface area contributed by atoms with E-state index in [-0.39, 0.29) is 0 Å². The van der Waals surface area contributed by atoms with Gasteiger partial charge in [0.15, 0.2) is 17.9 Å². The summed E-state index contributed by atoms with van der Waals surface area (Å²) in [6.07, 6.45) is 9.95. The zero-order chi connectivity index (χ0) is 41.0. The van der Waals surface area contributed by atoms with Crippen LogP contribution in [0.25, 0.3) is 44.2 Å². The molecule has 0 unspecified atom stereocenters. The second kappa shape index (κ2) is 15.1. The zero-order valence-corrected chi connectivity index (χ0v) is 37.0. The second-order valence-corrected chi connectivity index (χ2v) is 23.5. The van der Waals surface area contributed by atoms with Crippen LogP contribution >= 0.6 is 0 Å². The topological polar surface area (TPSA) is 105 Å². The molecule has 288 valence electrons. The number of anilines is 1. The summed E-state index contributed by atoms with van der Waals surface area (Å²) in [5.74, 6) is 0. The van der Waals surface area contributed by atoms with Crippen molar-refractivity contribution in [2.45, 2.75) is 39.3 Å². The van der Waals surface area contributed by atoms with Gasteiger partial charge in [0.2, 0.25) is 0 Å². The first-order valence-electron chi connectivity index (χ1n) is 19.8. The van der Waals surface area contributed by atoms with Crippen molar-refractivity contribution in [2.75, 3.05) is 4.90 Å². The van der Waals surface area contributed by atoms with Crippen LogP contribution in [0.4, 0.5) is 5.69 Å².